The molecule has 10 nitrogen and oxygen atoms in total. The number of pyridine rings is 1. The first-order valence-corrected chi connectivity index (χ1v) is 16.3. The van der Waals surface area contributed by atoms with Crippen LogP contribution in [0, 0.1) is 5.92 Å². The number of aromatic amines is 2. The van der Waals surface area contributed by atoms with E-state index in [1.54, 1.807) is 36.7 Å². The molecule has 1 atom stereocenters. The zero-order chi connectivity index (χ0) is 28.0. The molecule has 1 aliphatic rings. The molecule has 3 aromatic heterocycles. The quantitative estimate of drug-likeness (QED) is 0.264. The molecule has 1 aliphatic heterocycles. The van der Waals surface area contributed by atoms with Crippen LogP contribution in [0.2, 0.25) is 0 Å². The molecule has 0 spiro atoms. The molecule has 0 amide bonds. The van der Waals surface area contributed by atoms with Crippen LogP contribution in [-0.4, -0.2) is 61.0 Å². The maximum absolute atomic E-state index is 14.6. The number of fused-ring (bicyclic) bond motifs is 3. The van der Waals surface area contributed by atoms with Crippen LogP contribution in [0.25, 0.3) is 22.1 Å². The number of nitrogens with one attached hydrogen (secondary N) is 2. The Labute approximate surface area is 232 Å². The molecule has 0 aliphatic carbocycles. The summed E-state index contributed by atoms with van der Waals surface area (Å²) in [6.07, 6.45) is 4.90. The zero-order valence-electron chi connectivity index (χ0n) is 21.8. The first kappa shape index (κ1) is 26.6. The van der Waals surface area contributed by atoms with E-state index in [0.717, 1.165) is 11.8 Å². The van der Waals surface area contributed by atoms with Crippen molar-refractivity contribution in [1.29, 1.82) is 0 Å². The number of likely N-dealkylation sites (tertiary alicyclic amines) is 1. The van der Waals surface area contributed by atoms with Crippen LogP contribution >= 0.6 is 0 Å². The number of sulfone groups is 1. The Morgan fingerprint density at radius 3 is 2.33 bits per heavy atom. The number of hydrogen-bond acceptors (Lipinski definition) is 8. The summed E-state index contributed by atoms with van der Waals surface area (Å²) in [4.78, 5) is 15.1. The van der Waals surface area contributed by atoms with Crippen molar-refractivity contribution in [1.82, 2.24) is 24.8 Å². The molecule has 1 fully saturated rings. The predicted molar refractivity (Wildman–Crippen MR) is 151 cm³/mol. The van der Waals surface area contributed by atoms with Gasteiger partial charge >= 0.3 is 0 Å². The first-order valence-electron chi connectivity index (χ1n) is 13.0. The van der Waals surface area contributed by atoms with Gasteiger partial charge in [0.05, 0.1) is 22.9 Å². The third-order valence-corrected chi connectivity index (χ3v) is 10.4. The number of hydrogen-bond donors (Lipinski definition) is 2. The standard InChI is InChI=1S/C28H29N5O5S2/c1-39(34,35)38-28(40(36,37)22-10-6-3-7-11-22,21-13-16-33(17-14-21)19-20-8-4-2-5-9-20)27-31-24-18-30-26-23(12-15-29-26)25(24)32-27/h2-12,15,18,21H,13-14,16-17,19H2,1H3,(H,29,30)(H,31,32). The highest BCUT2D eigenvalue weighted by molar-refractivity contribution is 7.93. The number of aromatic nitrogens is 4. The summed E-state index contributed by atoms with van der Waals surface area (Å²) in [7, 11) is -8.73. The van der Waals surface area contributed by atoms with Crippen molar-refractivity contribution in [2.45, 2.75) is 29.2 Å². The van der Waals surface area contributed by atoms with Crippen molar-refractivity contribution < 1.29 is 21.0 Å². The minimum atomic E-state index is -4.45. The molecule has 4 heterocycles. The number of nitrogens with zero attached hydrogens (tertiary/aromatic N) is 3. The summed E-state index contributed by atoms with van der Waals surface area (Å²) in [5.41, 5.74) is 2.69. The Bertz CT molecular complexity index is 1860. The molecule has 1 unspecified atom stereocenters. The lowest BCUT2D eigenvalue weighted by atomic mass is 9.90. The van der Waals surface area contributed by atoms with Crippen LogP contribution in [0.4, 0.5) is 0 Å². The Kier molecular flexibility index (Phi) is 6.73. The summed E-state index contributed by atoms with van der Waals surface area (Å²) in [6.45, 7) is 1.83. The number of imidazole rings is 1. The van der Waals surface area contributed by atoms with Gasteiger partial charge in [0.1, 0.15) is 11.2 Å². The summed E-state index contributed by atoms with van der Waals surface area (Å²) >= 11 is 0. The Hall–Kier alpha value is -3.58. The molecule has 1 saturated heterocycles. The van der Waals surface area contributed by atoms with Crippen LogP contribution in [-0.2, 0) is 35.6 Å². The first-order chi connectivity index (χ1) is 19.2. The van der Waals surface area contributed by atoms with E-state index in [1.807, 2.05) is 30.3 Å². The molecule has 0 radical (unpaired) electrons. The van der Waals surface area contributed by atoms with E-state index >= 15 is 0 Å². The molecule has 2 aromatic carbocycles. The maximum Gasteiger partial charge on any atom is 0.266 e. The highest BCUT2D eigenvalue weighted by Crippen LogP contribution is 2.47. The van der Waals surface area contributed by atoms with Crippen molar-refractivity contribution in [3.05, 3.63) is 90.5 Å². The minimum Gasteiger partial charge on any atom is -0.346 e. The van der Waals surface area contributed by atoms with Gasteiger partial charge in [-0.2, -0.15) is 8.42 Å². The van der Waals surface area contributed by atoms with Crippen molar-refractivity contribution in [3.63, 3.8) is 0 Å². The van der Waals surface area contributed by atoms with E-state index in [1.165, 1.54) is 12.1 Å². The van der Waals surface area contributed by atoms with Crippen molar-refractivity contribution in [2.24, 2.45) is 5.92 Å². The van der Waals surface area contributed by atoms with E-state index in [9.17, 15) is 16.8 Å². The van der Waals surface area contributed by atoms with Gasteiger partial charge in [0.15, 0.2) is 5.82 Å². The number of H-pyrrole nitrogens is 2. The third kappa shape index (κ3) is 4.70. The van der Waals surface area contributed by atoms with Crippen molar-refractivity contribution in [3.8, 4) is 0 Å². The fraction of sp³-hybridized carbons (Fsp3) is 0.286. The van der Waals surface area contributed by atoms with E-state index in [2.05, 4.69) is 19.9 Å². The molecule has 12 heteroatoms. The number of rotatable bonds is 8. The summed E-state index contributed by atoms with van der Waals surface area (Å²) < 4.78 is 60.8. The summed E-state index contributed by atoms with van der Waals surface area (Å²) in [5, 5.41) is 0.683. The Balaban J connectivity index is 1.50. The maximum atomic E-state index is 14.6. The average Bonchev–Trinajstić information content (AvgIpc) is 3.60. The lowest BCUT2D eigenvalue weighted by molar-refractivity contribution is 0.0390. The van der Waals surface area contributed by atoms with Gasteiger partial charge in [-0.25, -0.2) is 22.6 Å². The lowest BCUT2D eigenvalue weighted by Crippen LogP contribution is -2.51. The molecule has 0 bridgehead atoms. The number of piperidine rings is 1. The van der Waals surface area contributed by atoms with Gasteiger partial charge in [0.2, 0.25) is 9.84 Å². The third-order valence-electron chi connectivity index (χ3n) is 7.47. The van der Waals surface area contributed by atoms with Crippen LogP contribution < -0.4 is 0 Å². The van der Waals surface area contributed by atoms with Gasteiger partial charge in [0, 0.05) is 24.0 Å². The van der Waals surface area contributed by atoms with Crippen molar-refractivity contribution >= 4 is 42.0 Å². The average molecular weight is 580 g/mol. The highest BCUT2D eigenvalue weighted by atomic mass is 32.2. The topological polar surface area (TPSA) is 138 Å². The Morgan fingerprint density at radius 2 is 1.65 bits per heavy atom. The van der Waals surface area contributed by atoms with Crippen LogP contribution in [0.5, 0.6) is 0 Å². The van der Waals surface area contributed by atoms with Gasteiger partial charge in [-0.15, -0.1) is 0 Å². The SMILES string of the molecule is CS(=O)(=O)OC(c1nc2c(cnc3[nH]ccc32)[nH]1)(C1CCN(Cc2ccccc2)CC1)S(=O)(=O)c1ccccc1. The Morgan fingerprint density at radius 1 is 0.975 bits per heavy atom. The molecular formula is C28H29N5O5S2. The van der Waals surface area contributed by atoms with Gasteiger partial charge in [-0.1, -0.05) is 48.5 Å². The van der Waals surface area contributed by atoms with E-state index in [0.29, 0.717) is 54.5 Å². The normalized spacial score (nSPS) is 17.3. The van der Waals surface area contributed by atoms with Crippen LogP contribution in [0.15, 0.2) is 84.0 Å². The summed E-state index contributed by atoms with van der Waals surface area (Å²) in [6, 6.07) is 19.6. The van der Waals surface area contributed by atoms with Gasteiger partial charge < -0.3 is 9.97 Å². The van der Waals surface area contributed by atoms with E-state index < -0.39 is 30.8 Å². The largest absolute Gasteiger partial charge is 0.346 e. The smallest absolute Gasteiger partial charge is 0.266 e. The van der Waals surface area contributed by atoms with Gasteiger partial charge in [-0.3, -0.25) is 4.90 Å². The molecule has 2 N–H and O–H groups in total. The predicted octanol–water partition coefficient (Wildman–Crippen LogP) is 3.95. The van der Waals surface area contributed by atoms with E-state index in [4.69, 9.17) is 9.17 Å². The summed E-state index contributed by atoms with van der Waals surface area (Å²) in [5.74, 6) is -0.788. The fourth-order valence-electron chi connectivity index (χ4n) is 5.64. The second-order valence-corrected chi connectivity index (χ2v) is 13.8. The zero-order valence-corrected chi connectivity index (χ0v) is 23.5. The molecule has 208 valence electrons. The van der Waals surface area contributed by atoms with Crippen molar-refractivity contribution in [2.75, 3.05) is 19.3 Å². The van der Waals surface area contributed by atoms with Gasteiger partial charge in [-0.05, 0) is 49.7 Å². The fourth-order valence-corrected chi connectivity index (χ4v) is 8.93. The molecule has 40 heavy (non-hydrogen) atoms. The van der Waals surface area contributed by atoms with Gasteiger partial charge in [0.25, 0.3) is 15.1 Å². The second-order valence-electron chi connectivity index (χ2n) is 10.2. The van der Waals surface area contributed by atoms with Crippen LogP contribution in [0.3, 0.4) is 0 Å². The highest BCUT2D eigenvalue weighted by Gasteiger charge is 2.58. The number of benzene rings is 2. The minimum absolute atomic E-state index is 0.0456. The van der Waals surface area contributed by atoms with Crippen LogP contribution in [0.1, 0.15) is 24.2 Å². The van der Waals surface area contributed by atoms with E-state index in [-0.39, 0.29) is 10.7 Å². The second kappa shape index (κ2) is 10.1. The molecule has 0 saturated carbocycles. The molecular weight excluding hydrogens is 550 g/mol. The lowest BCUT2D eigenvalue weighted by Gasteiger charge is -2.41. The monoisotopic (exact) mass is 579 g/mol. The molecule has 5 aromatic rings. The molecule has 6 rings (SSSR count).